The summed E-state index contributed by atoms with van der Waals surface area (Å²) in [5.74, 6) is 0.530. The lowest BCUT2D eigenvalue weighted by Gasteiger charge is -2.22. The standard InChI is InChI=1S/C14H10N2O3/c15-6-10-9-4-8(13-2-1-3-19-13)5-12(17)11(9)7-16-14(10)18/h1-3,7-8H,4-5H2,(H,16,18). The predicted octanol–water partition coefficient (Wildman–Crippen LogP) is 1.75. The molecule has 1 unspecified atom stereocenters. The van der Waals surface area contributed by atoms with Crippen LogP contribution >= 0.6 is 0 Å². The van der Waals surface area contributed by atoms with Crippen LogP contribution in [0.4, 0.5) is 0 Å². The molecule has 1 aliphatic rings. The number of aromatic amines is 1. The molecule has 5 heteroatoms. The summed E-state index contributed by atoms with van der Waals surface area (Å²) >= 11 is 0. The number of aromatic nitrogens is 1. The number of H-pyrrole nitrogens is 1. The number of nitriles is 1. The van der Waals surface area contributed by atoms with E-state index in [9.17, 15) is 9.59 Å². The van der Waals surface area contributed by atoms with Gasteiger partial charge in [0.05, 0.1) is 6.26 Å². The zero-order valence-electron chi connectivity index (χ0n) is 9.97. The van der Waals surface area contributed by atoms with Crippen LogP contribution in [0.15, 0.2) is 33.8 Å². The lowest BCUT2D eigenvalue weighted by Crippen LogP contribution is -2.24. The molecular formula is C14H10N2O3. The van der Waals surface area contributed by atoms with Crippen LogP contribution in [0.25, 0.3) is 0 Å². The van der Waals surface area contributed by atoms with E-state index < -0.39 is 5.56 Å². The molecule has 1 N–H and O–H groups in total. The van der Waals surface area contributed by atoms with Gasteiger partial charge < -0.3 is 9.40 Å². The van der Waals surface area contributed by atoms with E-state index in [1.165, 1.54) is 6.20 Å². The first kappa shape index (κ1) is 11.5. The fourth-order valence-corrected chi connectivity index (χ4v) is 2.52. The SMILES string of the molecule is N#Cc1c2c(c[nH]c1=O)C(=O)CC(c1ccco1)C2. The highest BCUT2D eigenvalue weighted by molar-refractivity contribution is 5.99. The fourth-order valence-electron chi connectivity index (χ4n) is 2.52. The van der Waals surface area contributed by atoms with Crippen molar-refractivity contribution < 1.29 is 9.21 Å². The largest absolute Gasteiger partial charge is 0.469 e. The van der Waals surface area contributed by atoms with Gasteiger partial charge in [0.15, 0.2) is 5.78 Å². The Balaban J connectivity index is 2.13. The van der Waals surface area contributed by atoms with Gasteiger partial charge in [-0.05, 0) is 24.1 Å². The van der Waals surface area contributed by atoms with Gasteiger partial charge in [-0.15, -0.1) is 0 Å². The molecule has 1 aliphatic carbocycles. The zero-order valence-corrected chi connectivity index (χ0v) is 9.97. The van der Waals surface area contributed by atoms with E-state index in [2.05, 4.69) is 4.98 Å². The number of fused-ring (bicyclic) bond motifs is 1. The minimum Gasteiger partial charge on any atom is -0.469 e. The number of furan rings is 1. The molecule has 0 saturated carbocycles. The average Bonchev–Trinajstić information content (AvgIpc) is 2.92. The third-order valence-electron chi connectivity index (χ3n) is 3.44. The van der Waals surface area contributed by atoms with Crippen LogP contribution < -0.4 is 5.56 Å². The normalized spacial score (nSPS) is 17.8. The highest BCUT2D eigenvalue weighted by Gasteiger charge is 2.30. The lowest BCUT2D eigenvalue weighted by molar-refractivity contribution is 0.0959. The Morgan fingerprint density at radius 2 is 2.21 bits per heavy atom. The van der Waals surface area contributed by atoms with Gasteiger partial charge in [-0.25, -0.2) is 0 Å². The van der Waals surface area contributed by atoms with Crippen molar-refractivity contribution in [3.05, 3.63) is 57.4 Å². The van der Waals surface area contributed by atoms with Gasteiger partial charge in [-0.1, -0.05) is 0 Å². The maximum Gasteiger partial charge on any atom is 0.266 e. The zero-order chi connectivity index (χ0) is 13.4. The van der Waals surface area contributed by atoms with Crippen LogP contribution in [0.2, 0.25) is 0 Å². The van der Waals surface area contributed by atoms with Crippen molar-refractivity contribution in [2.45, 2.75) is 18.8 Å². The van der Waals surface area contributed by atoms with Crippen LogP contribution in [-0.4, -0.2) is 10.8 Å². The number of pyridine rings is 1. The summed E-state index contributed by atoms with van der Waals surface area (Å²) in [5.41, 5.74) is 0.555. The van der Waals surface area contributed by atoms with Crippen LogP contribution in [0, 0.1) is 11.3 Å². The van der Waals surface area contributed by atoms with E-state index in [0.29, 0.717) is 29.7 Å². The first-order valence-electron chi connectivity index (χ1n) is 5.92. The Kier molecular flexibility index (Phi) is 2.57. The molecule has 0 radical (unpaired) electrons. The Hall–Kier alpha value is -2.61. The van der Waals surface area contributed by atoms with Crippen molar-refractivity contribution >= 4 is 5.78 Å². The quantitative estimate of drug-likeness (QED) is 0.839. The van der Waals surface area contributed by atoms with E-state index in [1.807, 2.05) is 12.1 Å². The first-order chi connectivity index (χ1) is 9.20. The van der Waals surface area contributed by atoms with Crippen molar-refractivity contribution in [3.8, 4) is 6.07 Å². The third kappa shape index (κ3) is 1.78. The number of carbonyl (C=O) groups excluding carboxylic acids is 1. The molecular weight excluding hydrogens is 244 g/mol. The smallest absolute Gasteiger partial charge is 0.266 e. The van der Waals surface area contributed by atoms with Crippen molar-refractivity contribution in [1.29, 1.82) is 5.26 Å². The van der Waals surface area contributed by atoms with Gasteiger partial charge in [0.1, 0.15) is 17.4 Å². The highest BCUT2D eigenvalue weighted by Crippen LogP contribution is 2.33. The molecule has 5 nitrogen and oxygen atoms in total. The number of nitrogens with zero attached hydrogens (tertiary/aromatic N) is 1. The summed E-state index contributed by atoms with van der Waals surface area (Å²) in [5, 5.41) is 9.07. The molecule has 0 amide bonds. The summed E-state index contributed by atoms with van der Waals surface area (Å²) in [6.45, 7) is 0. The van der Waals surface area contributed by atoms with Crippen LogP contribution in [0.1, 0.15) is 39.6 Å². The minimum atomic E-state index is -0.450. The van der Waals surface area contributed by atoms with E-state index in [4.69, 9.17) is 9.68 Å². The van der Waals surface area contributed by atoms with Crippen molar-refractivity contribution in [2.24, 2.45) is 0 Å². The summed E-state index contributed by atoms with van der Waals surface area (Å²) in [6, 6.07) is 5.45. The number of hydrogen-bond donors (Lipinski definition) is 1. The molecule has 2 aromatic heterocycles. The topological polar surface area (TPSA) is 86.9 Å². The Labute approximate surface area is 108 Å². The average molecular weight is 254 g/mol. The molecule has 0 aliphatic heterocycles. The second kappa shape index (κ2) is 4.25. The molecule has 0 fully saturated rings. The number of Topliss-reactive ketones (excluding diaryl/α,β-unsaturated/α-hetero) is 1. The Bertz CT molecular complexity index is 735. The fraction of sp³-hybridized carbons (Fsp3) is 0.214. The summed E-state index contributed by atoms with van der Waals surface area (Å²) in [6.07, 6.45) is 3.76. The predicted molar refractivity (Wildman–Crippen MR) is 65.9 cm³/mol. The molecule has 2 aromatic rings. The molecule has 2 heterocycles. The van der Waals surface area contributed by atoms with Gasteiger partial charge in [-0.2, -0.15) is 5.26 Å². The molecule has 19 heavy (non-hydrogen) atoms. The van der Waals surface area contributed by atoms with Crippen LogP contribution in [-0.2, 0) is 6.42 Å². The number of ketones is 1. The summed E-state index contributed by atoms with van der Waals surface area (Å²) in [4.78, 5) is 26.1. The van der Waals surface area contributed by atoms with Gasteiger partial charge in [0, 0.05) is 24.1 Å². The molecule has 0 saturated heterocycles. The number of carbonyl (C=O) groups is 1. The molecule has 3 rings (SSSR count). The first-order valence-corrected chi connectivity index (χ1v) is 5.92. The van der Waals surface area contributed by atoms with E-state index in [1.54, 1.807) is 12.3 Å². The highest BCUT2D eigenvalue weighted by atomic mass is 16.3. The van der Waals surface area contributed by atoms with Crippen molar-refractivity contribution in [3.63, 3.8) is 0 Å². The van der Waals surface area contributed by atoms with Gasteiger partial charge in [-0.3, -0.25) is 9.59 Å². The Morgan fingerprint density at radius 3 is 2.89 bits per heavy atom. The minimum absolute atomic E-state index is 0.0297. The van der Waals surface area contributed by atoms with Gasteiger partial charge in [0.2, 0.25) is 0 Å². The molecule has 1 atom stereocenters. The molecule has 0 aromatic carbocycles. The van der Waals surface area contributed by atoms with Gasteiger partial charge in [0.25, 0.3) is 5.56 Å². The molecule has 0 spiro atoms. The maximum absolute atomic E-state index is 12.1. The number of nitrogens with one attached hydrogen (secondary N) is 1. The van der Waals surface area contributed by atoms with Crippen LogP contribution in [0.3, 0.4) is 0 Å². The summed E-state index contributed by atoms with van der Waals surface area (Å²) in [7, 11) is 0. The van der Waals surface area contributed by atoms with Gasteiger partial charge >= 0.3 is 0 Å². The number of rotatable bonds is 1. The molecule has 0 bridgehead atoms. The van der Waals surface area contributed by atoms with Crippen LogP contribution in [0.5, 0.6) is 0 Å². The van der Waals surface area contributed by atoms with E-state index in [0.717, 1.165) is 0 Å². The monoisotopic (exact) mass is 254 g/mol. The second-order valence-electron chi connectivity index (χ2n) is 4.54. The third-order valence-corrected chi connectivity index (χ3v) is 3.44. The second-order valence-corrected chi connectivity index (χ2v) is 4.54. The van der Waals surface area contributed by atoms with E-state index in [-0.39, 0.29) is 17.3 Å². The van der Waals surface area contributed by atoms with E-state index >= 15 is 0 Å². The molecule has 94 valence electrons. The Morgan fingerprint density at radius 1 is 1.37 bits per heavy atom. The number of hydrogen-bond acceptors (Lipinski definition) is 4. The lowest BCUT2D eigenvalue weighted by atomic mass is 9.81. The van der Waals surface area contributed by atoms with Crippen molar-refractivity contribution in [2.75, 3.05) is 0 Å². The maximum atomic E-state index is 12.1. The van der Waals surface area contributed by atoms with Crippen molar-refractivity contribution in [1.82, 2.24) is 4.98 Å². The summed E-state index contributed by atoms with van der Waals surface area (Å²) < 4.78 is 5.32.